The normalized spacial score (nSPS) is 10.7. The van der Waals surface area contributed by atoms with Crippen LogP contribution >= 0.6 is 11.8 Å². The number of Topliss-reactive ketones (excluding diaryl/α,β-unsaturated/α-hetero) is 1. The number of carbonyl (C=O) groups is 1. The number of hydrogen-bond donors (Lipinski definition) is 0. The number of aryl methyl sites for hydroxylation is 1. The molecule has 0 saturated carbocycles. The number of carbonyl (C=O) groups excluding carboxylic acids is 1. The molecule has 0 N–H and O–H groups in total. The van der Waals surface area contributed by atoms with Gasteiger partial charge in [-0.25, -0.2) is 4.39 Å². The summed E-state index contributed by atoms with van der Waals surface area (Å²) in [6.07, 6.45) is 0. The zero-order valence-electron chi connectivity index (χ0n) is 12.3. The van der Waals surface area contributed by atoms with E-state index < -0.39 is 5.82 Å². The van der Waals surface area contributed by atoms with E-state index in [0.717, 1.165) is 11.3 Å². The summed E-state index contributed by atoms with van der Waals surface area (Å²) >= 11 is 1.18. The maximum Gasteiger partial charge on any atom is 0.214 e. The fourth-order valence-corrected chi connectivity index (χ4v) is 2.88. The van der Waals surface area contributed by atoms with Crippen molar-refractivity contribution in [1.29, 1.82) is 0 Å². The van der Waals surface area contributed by atoms with Crippen LogP contribution in [0.3, 0.4) is 0 Å². The Hall–Kier alpha value is -2.54. The molecule has 0 radical (unpaired) electrons. The van der Waals surface area contributed by atoms with E-state index in [4.69, 9.17) is 0 Å². The van der Waals surface area contributed by atoms with Crippen LogP contribution in [0.1, 0.15) is 15.9 Å². The highest BCUT2D eigenvalue weighted by atomic mass is 32.2. The van der Waals surface area contributed by atoms with E-state index in [1.54, 1.807) is 16.8 Å². The Morgan fingerprint density at radius 1 is 1.17 bits per heavy atom. The van der Waals surface area contributed by atoms with E-state index in [1.807, 2.05) is 31.2 Å². The first-order chi connectivity index (χ1) is 11.2. The van der Waals surface area contributed by atoms with E-state index in [0.29, 0.717) is 5.16 Å². The summed E-state index contributed by atoms with van der Waals surface area (Å²) in [5.41, 5.74) is 1.94. The lowest BCUT2D eigenvalue weighted by Gasteiger charge is -2.07. The van der Waals surface area contributed by atoms with Crippen molar-refractivity contribution in [2.45, 2.75) is 12.1 Å². The molecule has 3 aromatic rings. The van der Waals surface area contributed by atoms with E-state index in [9.17, 15) is 9.18 Å². The van der Waals surface area contributed by atoms with Crippen molar-refractivity contribution in [3.8, 4) is 5.69 Å². The van der Waals surface area contributed by atoms with Crippen LogP contribution < -0.4 is 0 Å². The summed E-state index contributed by atoms with van der Waals surface area (Å²) < 4.78 is 15.2. The molecule has 0 saturated heterocycles. The van der Waals surface area contributed by atoms with Gasteiger partial charge >= 0.3 is 0 Å². The predicted octanol–water partition coefficient (Wildman–Crippen LogP) is 3.08. The Balaban J connectivity index is 1.78. The first-order valence-electron chi connectivity index (χ1n) is 6.91. The summed E-state index contributed by atoms with van der Waals surface area (Å²) in [5.74, 6) is -0.753. The summed E-state index contributed by atoms with van der Waals surface area (Å²) in [7, 11) is 0. The second-order valence-electron chi connectivity index (χ2n) is 4.85. The zero-order chi connectivity index (χ0) is 16.2. The Kier molecular flexibility index (Phi) is 4.47. The van der Waals surface area contributed by atoms with Crippen LogP contribution in [0.25, 0.3) is 5.69 Å². The first kappa shape index (κ1) is 15.4. The lowest BCUT2D eigenvalue weighted by atomic mass is 10.1. The molecule has 116 valence electrons. The molecule has 3 rings (SSSR count). The SMILES string of the molecule is Cc1ccccc1-n1nnnc1SCC(=O)c1ccccc1F. The van der Waals surface area contributed by atoms with Gasteiger partial charge in [-0.3, -0.25) is 4.79 Å². The van der Waals surface area contributed by atoms with Gasteiger partial charge < -0.3 is 0 Å². The summed E-state index contributed by atoms with van der Waals surface area (Å²) in [4.78, 5) is 12.1. The maximum absolute atomic E-state index is 13.6. The van der Waals surface area contributed by atoms with E-state index in [2.05, 4.69) is 15.5 Å². The maximum atomic E-state index is 13.6. The number of aromatic nitrogens is 4. The van der Waals surface area contributed by atoms with Crippen molar-refractivity contribution in [1.82, 2.24) is 20.2 Å². The van der Waals surface area contributed by atoms with Gasteiger partial charge in [0.2, 0.25) is 5.16 Å². The molecule has 1 aromatic heterocycles. The number of benzene rings is 2. The number of para-hydroxylation sites is 1. The molecule has 0 unspecified atom stereocenters. The van der Waals surface area contributed by atoms with Crippen LogP contribution in [0, 0.1) is 12.7 Å². The molecule has 7 heteroatoms. The topological polar surface area (TPSA) is 60.7 Å². The number of ketones is 1. The molecule has 5 nitrogen and oxygen atoms in total. The Labute approximate surface area is 136 Å². The molecule has 0 fully saturated rings. The Morgan fingerprint density at radius 3 is 2.70 bits per heavy atom. The number of hydrogen-bond acceptors (Lipinski definition) is 5. The minimum atomic E-state index is -0.517. The average molecular weight is 328 g/mol. The monoisotopic (exact) mass is 328 g/mol. The largest absolute Gasteiger partial charge is 0.293 e. The van der Waals surface area contributed by atoms with Gasteiger partial charge in [-0.15, -0.1) is 5.10 Å². The van der Waals surface area contributed by atoms with Gasteiger partial charge in [-0.05, 0) is 41.1 Å². The van der Waals surface area contributed by atoms with Gasteiger partial charge in [-0.1, -0.05) is 42.1 Å². The average Bonchev–Trinajstić information content (AvgIpc) is 3.02. The van der Waals surface area contributed by atoms with E-state index >= 15 is 0 Å². The molecule has 23 heavy (non-hydrogen) atoms. The third kappa shape index (κ3) is 3.29. The highest BCUT2D eigenvalue weighted by Gasteiger charge is 2.15. The van der Waals surface area contributed by atoms with Crippen molar-refractivity contribution >= 4 is 17.5 Å². The molecule has 0 atom stereocenters. The molecule has 0 spiro atoms. The lowest BCUT2D eigenvalue weighted by Crippen LogP contribution is -2.07. The molecule has 0 aliphatic rings. The number of tetrazole rings is 1. The highest BCUT2D eigenvalue weighted by molar-refractivity contribution is 7.99. The van der Waals surface area contributed by atoms with Crippen LogP contribution in [-0.4, -0.2) is 31.7 Å². The number of thioether (sulfide) groups is 1. The fraction of sp³-hybridized carbons (Fsp3) is 0.125. The Bertz CT molecular complexity index is 849. The zero-order valence-corrected chi connectivity index (χ0v) is 13.1. The summed E-state index contributed by atoms with van der Waals surface area (Å²) in [5, 5.41) is 12.1. The molecule has 2 aromatic carbocycles. The van der Waals surface area contributed by atoms with Crippen LogP contribution in [-0.2, 0) is 0 Å². The minimum Gasteiger partial charge on any atom is -0.293 e. The van der Waals surface area contributed by atoms with Gasteiger partial charge in [0.25, 0.3) is 0 Å². The van der Waals surface area contributed by atoms with Gasteiger partial charge in [0.05, 0.1) is 17.0 Å². The van der Waals surface area contributed by atoms with E-state index in [-0.39, 0.29) is 17.1 Å². The molecular weight excluding hydrogens is 315 g/mol. The van der Waals surface area contributed by atoms with Crippen molar-refractivity contribution in [2.75, 3.05) is 5.75 Å². The quantitative estimate of drug-likeness (QED) is 0.532. The summed E-state index contributed by atoms with van der Waals surface area (Å²) in [6, 6.07) is 13.6. The third-order valence-electron chi connectivity index (χ3n) is 3.29. The molecule has 0 aliphatic heterocycles. The van der Waals surface area contributed by atoms with Gasteiger partial charge in [0, 0.05) is 0 Å². The number of halogens is 1. The Morgan fingerprint density at radius 2 is 1.91 bits per heavy atom. The summed E-state index contributed by atoms with van der Waals surface area (Å²) in [6.45, 7) is 1.95. The van der Waals surface area contributed by atoms with Crippen LogP contribution in [0.15, 0.2) is 53.7 Å². The molecule has 0 bridgehead atoms. The van der Waals surface area contributed by atoms with Crippen molar-refractivity contribution in [3.63, 3.8) is 0 Å². The van der Waals surface area contributed by atoms with Crippen molar-refractivity contribution < 1.29 is 9.18 Å². The van der Waals surface area contributed by atoms with Crippen molar-refractivity contribution in [3.05, 3.63) is 65.5 Å². The standard InChI is InChI=1S/C16H13FN4OS/c1-11-6-2-5-9-14(11)21-16(18-19-20-21)23-10-15(22)12-7-3-4-8-13(12)17/h2-9H,10H2,1H3. The van der Waals surface area contributed by atoms with Crippen LogP contribution in [0.2, 0.25) is 0 Å². The van der Waals surface area contributed by atoms with E-state index in [1.165, 1.54) is 23.9 Å². The minimum absolute atomic E-state index is 0.0627. The second kappa shape index (κ2) is 6.70. The van der Waals surface area contributed by atoms with Gasteiger partial charge in [0.15, 0.2) is 5.78 Å². The number of rotatable bonds is 5. The lowest BCUT2D eigenvalue weighted by molar-refractivity contribution is 0.101. The van der Waals surface area contributed by atoms with Gasteiger partial charge in [-0.2, -0.15) is 4.68 Å². The fourth-order valence-electron chi connectivity index (χ4n) is 2.12. The van der Waals surface area contributed by atoms with Crippen molar-refractivity contribution in [2.24, 2.45) is 0 Å². The van der Waals surface area contributed by atoms with Crippen LogP contribution in [0.5, 0.6) is 0 Å². The van der Waals surface area contributed by atoms with Crippen LogP contribution in [0.4, 0.5) is 4.39 Å². The first-order valence-corrected chi connectivity index (χ1v) is 7.90. The van der Waals surface area contributed by atoms with Gasteiger partial charge in [0.1, 0.15) is 5.82 Å². The predicted molar refractivity (Wildman–Crippen MR) is 85.3 cm³/mol. The molecule has 0 aliphatic carbocycles. The smallest absolute Gasteiger partial charge is 0.214 e. The third-order valence-corrected chi connectivity index (χ3v) is 4.21. The number of nitrogens with zero attached hydrogens (tertiary/aromatic N) is 4. The molecule has 0 amide bonds. The highest BCUT2D eigenvalue weighted by Crippen LogP contribution is 2.21. The molecule has 1 heterocycles. The second-order valence-corrected chi connectivity index (χ2v) is 5.79. The molecular formula is C16H13FN4OS.